The Morgan fingerprint density at radius 1 is 0.321 bits per heavy atom. The zero-order valence-corrected chi connectivity index (χ0v) is 33.5. The third-order valence-corrected chi connectivity index (χ3v) is 16.5. The quantitative estimate of drug-likeness (QED) is 0.138. The molecule has 0 aliphatic carbocycles. The van der Waals surface area contributed by atoms with Crippen LogP contribution in [0.3, 0.4) is 0 Å². The summed E-state index contributed by atoms with van der Waals surface area (Å²) in [6.45, 7) is 20.5. The minimum atomic E-state index is -0.170. The number of fused-ring (bicyclic) bond motifs is 6. The standard InChI is InChI=1S/C54H42B2/c1-51(2)33-19-13-21-35-45(33)55-47-37(51)23-27-15-9-11-17-29(27)41(47)31-25-40-50-44-32(26-39(53(35,5)6)49(55)43(31)44)42-30-18-12-10-16-28(30)24-38-48(42)56(50)46-34(52(38,3)4)20-14-22-36(46)54(40,7)8/h9-26H,1-8H3. The zero-order chi connectivity index (χ0) is 37.7. The van der Waals surface area contributed by atoms with Gasteiger partial charge in [0.25, 0.3) is 0 Å². The van der Waals surface area contributed by atoms with E-state index in [1.807, 2.05) is 0 Å². The number of hydrogen-bond acceptors (Lipinski definition) is 0. The first kappa shape index (κ1) is 30.8. The second kappa shape index (κ2) is 8.95. The van der Waals surface area contributed by atoms with Gasteiger partial charge in [-0.05, 0) is 99.1 Å². The summed E-state index contributed by atoms with van der Waals surface area (Å²) in [5, 5.41) is 8.57. The van der Waals surface area contributed by atoms with Crippen LogP contribution in [0.2, 0.25) is 0 Å². The van der Waals surface area contributed by atoms with Crippen molar-refractivity contribution in [2.45, 2.75) is 77.0 Å². The normalized spacial score (nSPS) is 18.9. The third kappa shape index (κ3) is 2.98. The molecule has 264 valence electrons. The average molecular weight is 713 g/mol. The SMILES string of the molecule is CC1(C)c2cccc3c2B2c4c1cc1ccccc1c4-c1cc4c5c6c(cc(c2c16)C3(C)C)-c1c2c(cc3ccccc13)C(C)(C)c1cccc(c1B25)C4(C)C. The summed E-state index contributed by atoms with van der Waals surface area (Å²) >= 11 is 0. The Morgan fingerprint density at radius 3 is 1.04 bits per heavy atom. The predicted molar refractivity (Wildman–Crippen MR) is 241 cm³/mol. The lowest BCUT2D eigenvalue weighted by Gasteiger charge is -2.52. The maximum Gasteiger partial charge on any atom is 0.244 e. The van der Waals surface area contributed by atoms with Crippen LogP contribution in [0.4, 0.5) is 0 Å². The van der Waals surface area contributed by atoms with E-state index in [9.17, 15) is 0 Å². The summed E-state index contributed by atoms with van der Waals surface area (Å²) in [5.74, 6) is 0. The molecule has 0 radical (unpaired) electrons. The highest BCUT2D eigenvalue weighted by Crippen LogP contribution is 2.54. The van der Waals surface area contributed by atoms with E-state index in [0.717, 1.165) is 0 Å². The van der Waals surface area contributed by atoms with Gasteiger partial charge in [-0.1, -0.05) is 197 Å². The second-order valence-corrected chi connectivity index (χ2v) is 20.3. The fourth-order valence-corrected chi connectivity index (χ4v) is 14.0. The number of rotatable bonds is 0. The molecule has 0 spiro atoms. The van der Waals surface area contributed by atoms with Crippen molar-refractivity contribution >= 4 is 78.5 Å². The van der Waals surface area contributed by atoms with Crippen molar-refractivity contribution in [1.82, 2.24) is 0 Å². The van der Waals surface area contributed by atoms with Crippen molar-refractivity contribution in [3.05, 3.63) is 154 Å². The minimum absolute atomic E-state index is 0.127. The summed E-state index contributed by atoms with van der Waals surface area (Å²) in [7, 11) is 0. The molecule has 6 aliphatic rings. The molecule has 0 aromatic heterocycles. The van der Waals surface area contributed by atoms with Gasteiger partial charge in [0.1, 0.15) is 0 Å². The molecule has 0 nitrogen and oxygen atoms in total. The molecule has 0 fully saturated rings. The first-order valence-electron chi connectivity index (χ1n) is 20.9. The summed E-state index contributed by atoms with van der Waals surface area (Å²) in [6.07, 6.45) is 0. The van der Waals surface area contributed by atoms with Gasteiger partial charge in [-0.3, -0.25) is 0 Å². The van der Waals surface area contributed by atoms with Crippen LogP contribution in [0, 0.1) is 0 Å². The molecule has 0 bridgehead atoms. The molecule has 6 aliphatic heterocycles. The molecule has 8 aromatic carbocycles. The highest BCUT2D eigenvalue weighted by Gasteiger charge is 2.56. The number of benzene rings is 8. The maximum absolute atomic E-state index is 2.73. The lowest BCUT2D eigenvalue weighted by molar-refractivity contribution is 0.621. The van der Waals surface area contributed by atoms with E-state index in [0.29, 0.717) is 0 Å². The summed E-state index contributed by atoms with van der Waals surface area (Å²) in [5.41, 5.74) is 26.8. The highest BCUT2D eigenvalue weighted by atomic mass is 14.5. The van der Waals surface area contributed by atoms with Gasteiger partial charge in [-0.2, -0.15) is 0 Å². The van der Waals surface area contributed by atoms with Crippen molar-refractivity contribution in [2.75, 3.05) is 0 Å². The zero-order valence-electron chi connectivity index (χ0n) is 33.5. The van der Waals surface area contributed by atoms with Gasteiger partial charge in [-0.15, -0.1) is 0 Å². The van der Waals surface area contributed by atoms with Gasteiger partial charge in [0.15, 0.2) is 0 Å². The Morgan fingerprint density at radius 2 is 0.661 bits per heavy atom. The monoisotopic (exact) mass is 712 g/mol. The molecule has 0 saturated carbocycles. The largest absolute Gasteiger partial charge is 0.244 e. The number of hydrogen-bond donors (Lipinski definition) is 0. The molecule has 8 aromatic rings. The lowest BCUT2D eigenvalue weighted by Crippen LogP contribution is -2.70. The van der Waals surface area contributed by atoms with E-state index in [4.69, 9.17) is 0 Å². The summed E-state index contributed by atoms with van der Waals surface area (Å²) in [6, 6.07) is 43.8. The minimum Gasteiger partial charge on any atom is -0.0617 e. The first-order chi connectivity index (χ1) is 26.8. The molecule has 0 N–H and O–H groups in total. The fourth-order valence-electron chi connectivity index (χ4n) is 14.0. The Kier molecular flexibility index (Phi) is 4.93. The Bertz CT molecular complexity index is 3090. The molecule has 0 atom stereocenters. The van der Waals surface area contributed by atoms with Crippen molar-refractivity contribution in [1.29, 1.82) is 0 Å². The smallest absolute Gasteiger partial charge is 0.0617 e. The van der Waals surface area contributed by atoms with E-state index in [1.165, 1.54) is 99.1 Å². The van der Waals surface area contributed by atoms with Gasteiger partial charge in [0.2, 0.25) is 13.4 Å². The van der Waals surface area contributed by atoms with Crippen molar-refractivity contribution in [3.63, 3.8) is 0 Å². The Balaban J connectivity index is 1.31. The van der Waals surface area contributed by atoms with Crippen LogP contribution in [-0.4, -0.2) is 13.4 Å². The second-order valence-electron chi connectivity index (χ2n) is 20.3. The van der Waals surface area contributed by atoms with Crippen LogP contribution >= 0.6 is 0 Å². The molecule has 56 heavy (non-hydrogen) atoms. The third-order valence-electron chi connectivity index (χ3n) is 16.5. The molecule has 0 unspecified atom stereocenters. The lowest BCUT2D eigenvalue weighted by atomic mass is 9.22. The molecular formula is C54H42B2. The fraction of sp³-hybridized carbons (Fsp3) is 0.222. The van der Waals surface area contributed by atoms with E-state index in [2.05, 4.69) is 165 Å². The Labute approximate surface area is 330 Å². The van der Waals surface area contributed by atoms with Crippen molar-refractivity contribution in [3.8, 4) is 22.3 Å². The van der Waals surface area contributed by atoms with Crippen LogP contribution < -0.4 is 32.8 Å². The molecule has 0 amide bonds. The molecule has 2 heteroatoms. The summed E-state index contributed by atoms with van der Waals surface area (Å²) in [4.78, 5) is 0. The molecule has 6 heterocycles. The van der Waals surface area contributed by atoms with Crippen LogP contribution in [-0.2, 0) is 21.7 Å². The van der Waals surface area contributed by atoms with Crippen LogP contribution in [0.1, 0.15) is 99.9 Å². The van der Waals surface area contributed by atoms with Gasteiger partial charge in [0, 0.05) is 21.7 Å². The Hall–Kier alpha value is -5.33. The van der Waals surface area contributed by atoms with E-state index in [1.54, 1.807) is 32.8 Å². The van der Waals surface area contributed by atoms with Gasteiger partial charge < -0.3 is 0 Å². The van der Waals surface area contributed by atoms with E-state index in [-0.39, 0.29) is 35.1 Å². The first-order valence-corrected chi connectivity index (χ1v) is 20.9. The maximum atomic E-state index is 2.73. The predicted octanol–water partition coefficient (Wildman–Crippen LogP) is 8.70. The van der Waals surface area contributed by atoms with Crippen molar-refractivity contribution in [2.24, 2.45) is 0 Å². The molecular weight excluding hydrogens is 670 g/mol. The van der Waals surface area contributed by atoms with Crippen LogP contribution in [0.15, 0.2) is 109 Å². The average Bonchev–Trinajstić information content (AvgIpc) is 3.19. The van der Waals surface area contributed by atoms with Crippen LogP contribution in [0.5, 0.6) is 0 Å². The van der Waals surface area contributed by atoms with Gasteiger partial charge >= 0.3 is 0 Å². The van der Waals surface area contributed by atoms with Crippen LogP contribution in [0.25, 0.3) is 54.6 Å². The van der Waals surface area contributed by atoms with E-state index >= 15 is 0 Å². The highest BCUT2D eigenvalue weighted by molar-refractivity contribution is 7.03. The van der Waals surface area contributed by atoms with Gasteiger partial charge in [0.05, 0.1) is 0 Å². The van der Waals surface area contributed by atoms with E-state index < -0.39 is 0 Å². The van der Waals surface area contributed by atoms with Gasteiger partial charge in [-0.25, -0.2) is 0 Å². The molecule has 0 saturated heterocycles. The summed E-state index contributed by atoms with van der Waals surface area (Å²) < 4.78 is 0. The topological polar surface area (TPSA) is 0 Å². The van der Waals surface area contributed by atoms with Crippen molar-refractivity contribution < 1.29 is 0 Å². The molecule has 14 rings (SSSR count).